The average molecular weight is 440 g/mol. The van der Waals surface area contributed by atoms with Crippen LogP contribution in [0.5, 0.6) is 5.06 Å². The summed E-state index contributed by atoms with van der Waals surface area (Å²) in [5.74, 6) is -0.422. The maximum atomic E-state index is 12.4. The molecule has 0 radical (unpaired) electrons. The molecule has 1 aliphatic rings. The van der Waals surface area contributed by atoms with Crippen LogP contribution in [-0.4, -0.2) is 68.1 Å². The number of sulfonamides is 1. The van der Waals surface area contributed by atoms with Crippen LogP contribution in [0.3, 0.4) is 0 Å². The predicted molar refractivity (Wildman–Crippen MR) is 106 cm³/mol. The highest BCUT2D eigenvalue weighted by Gasteiger charge is 2.27. The van der Waals surface area contributed by atoms with Crippen molar-refractivity contribution in [2.75, 3.05) is 25.4 Å². The van der Waals surface area contributed by atoms with Crippen molar-refractivity contribution in [3.05, 3.63) is 16.5 Å². The number of hydrogen-bond donors (Lipinski definition) is 3. The molecule has 1 aliphatic heterocycles. The standard InChI is InChI=1S/C16H26ClN3O5S2/c1-11(2)20-7-5-12(6-8-20)19-27(23,24)10-13(9-21)18-16(22)25-15-4-3-14(17)26-15/h3-4,11-13,19,21H,5-10H2,1-2H3,(H,18,22)/t13-/m0/s1. The van der Waals surface area contributed by atoms with Gasteiger partial charge in [-0.3, -0.25) is 0 Å². The quantitative estimate of drug-likeness (QED) is 0.568. The van der Waals surface area contributed by atoms with Crippen LogP contribution in [0.4, 0.5) is 4.79 Å². The van der Waals surface area contributed by atoms with Crippen molar-refractivity contribution in [1.29, 1.82) is 0 Å². The van der Waals surface area contributed by atoms with E-state index in [1.54, 1.807) is 6.07 Å². The van der Waals surface area contributed by atoms with Gasteiger partial charge in [-0.2, -0.15) is 0 Å². The summed E-state index contributed by atoms with van der Waals surface area (Å²) in [4.78, 5) is 14.2. The zero-order valence-electron chi connectivity index (χ0n) is 15.4. The molecule has 1 fully saturated rings. The number of likely N-dealkylation sites (tertiary alicyclic amines) is 1. The first-order valence-corrected chi connectivity index (χ1v) is 11.6. The number of carbonyl (C=O) groups excluding carboxylic acids is 1. The number of carbonyl (C=O) groups is 1. The Balaban J connectivity index is 1.82. The molecule has 0 bridgehead atoms. The van der Waals surface area contributed by atoms with Gasteiger partial charge < -0.3 is 20.1 Å². The Bertz CT molecular complexity index is 717. The molecule has 0 spiro atoms. The maximum Gasteiger partial charge on any atom is 0.413 e. The Morgan fingerprint density at radius 2 is 2.07 bits per heavy atom. The summed E-state index contributed by atoms with van der Waals surface area (Å²) in [7, 11) is -3.66. The Morgan fingerprint density at radius 1 is 1.41 bits per heavy atom. The van der Waals surface area contributed by atoms with E-state index in [0.717, 1.165) is 37.3 Å². The van der Waals surface area contributed by atoms with E-state index >= 15 is 0 Å². The lowest BCUT2D eigenvalue weighted by Gasteiger charge is -2.34. The van der Waals surface area contributed by atoms with Crippen LogP contribution in [0, 0.1) is 0 Å². The second kappa shape index (κ2) is 10.0. The third-order valence-corrected chi connectivity index (χ3v) is 6.95. The largest absolute Gasteiger partial charge is 0.413 e. The van der Waals surface area contributed by atoms with E-state index in [0.29, 0.717) is 10.4 Å². The Kier molecular flexibility index (Phi) is 8.32. The highest BCUT2D eigenvalue weighted by atomic mass is 35.5. The number of hydrogen-bond acceptors (Lipinski definition) is 7. The Hall–Kier alpha value is -0.910. The molecule has 2 rings (SSSR count). The van der Waals surface area contributed by atoms with Crippen molar-refractivity contribution in [2.45, 2.75) is 44.8 Å². The summed E-state index contributed by atoms with van der Waals surface area (Å²) >= 11 is 6.83. The van der Waals surface area contributed by atoms with Gasteiger partial charge in [-0.15, -0.1) is 0 Å². The number of aliphatic hydroxyl groups is 1. The second-order valence-electron chi connectivity index (χ2n) is 6.78. The number of nitrogens with zero attached hydrogens (tertiary/aromatic N) is 1. The van der Waals surface area contributed by atoms with E-state index in [1.807, 2.05) is 0 Å². The van der Waals surface area contributed by atoms with Crippen molar-refractivity contribution in [3.8, 4) is 5.06 Å². The molecule has 1 aromatic rings. The molecule has 8 nitrogen and oxygen atoms in total. The number of piperidine rings is 1. The molecule has 0 aromatic carbocycles. The Morgan fingerprint density at radius 3 is 2.59 bits per heavy atom. The lowest BCUT2D eigenvalue weighted by atomic mass is 10.1. The summed E-state index contributed by atoms with van der Waals surface area (Å²) < 4.78 is 32.9. The fraction of sp³-hybridized carbons (Fsp3) is 0.688. The third-order valence-electron chi connectivity index (χ3n) is 4.31. The molecule has 2 heterocycles. The van der Waals surface area contributed by atoms with Gasteiger partial charge in [0, 0.05) is 12.1 Å². The molecule has 1 atom stereocenters. The first-order valence-electron chi connectivity index (χ1n) is 8.77. The van der Waals surface area contributed by atoms with Crippen molar-refractivity contribution >= 4 is 39.1 Å². The van der Waals surface area contributed by atoms with Gasteiger partial charge in [0.1, 0.15) is 0 Å². The SMILES string of the molecule is CC(C)N1CCC(NS(=O)(=O)C[C@H](CO)NC(=O)Oc2ccc(Cl)s2)CC1. The number of rotatable bonds is 8. The summed E-state index contributed by atoms with van der Waals surface area (Å²) in [5.41, 5.74) is 0. The monoisotopic (exact) mass is 439 g/mol. The van der Waals surface area contributed by atoms with Crippen LogP contribution in [0.1, 0.15) is 26.7 Å². The normalized spacial score (nSPS) is 17.8. The number of amides is 1. The first kappa shape index (κ1) is 22.4. The van der Waals surface area contributed by atoms with E-state index in [1.165, 1.54) is 6.07 Å². The van der Waals surface area contributed by atoms with Gasteiger partial charge >= 0.3 is 6.09 Å². The summed E-state index contributed by atoms with van der Waals surface area (Å²) in [5, 5.41) is 12.1. The van der Waals surface area contributed by atoms with E-state index in [4.69, 9.17) is 16.3 Å². The molecule has 11 heteroatoms. The minimum atomic E-state index is -3.66. The van der Waals surface area contributed by atoms with Crippen molar-refractivity contribution in [2.24, 2.45) is 0 Å². The van der Waals surface area contributed by atoms with Crippen LogP contribution in [-0.2, 0) is 10.0 Å². The van der Waals surface area contributed by atoms with Gasteiger partial charge in [0.15, 0.2) is 5.06 Å². The molecule has 0 saturated carbocycles. The van der Waals surface area contributed by atoms with Crippen LogP contribution in [0.2, 0.25) is 4.34 Å². The van der Waals surface area contributed by atoms with E-state index < -0.39 is 34.5 Å². The molecule has 27 heavy (non-hydrogen) atoms. The maximum absolute atomic E-state index is 12.4. The predicted octanol–water partition coefficient (Wildman–Crippen LogP) is 1.64. The number of thiophene rings is 1. The van der Waals surface area contributed by atoms with Gasteiger partial charge in [-0.05, 0) is 51.9 Å². The smallest absolute Gasteiger partial charge is 0.399 e. The van der Waals surface area contributed by atoms with Gasteiger partial charge in [0.25, 0.3) is 0 Å². The van der Waals surface area contributed by atoms with E-state index in [2.05, 4.69) is 28.8 Å². The summed E-state index contributed by atoms with van der Waals surface area (Å²) in [6.45, 7) is 5.38. The fourth-order valence-corrected chi connectivity index (χ4v) is 5.31. The molecule has 1 saturated heterocycles. The minimum Gasteiger partial charge on any atom is -0.399 e. The zero-order chi connectivity index (χ0) is 20.0. The molecular weight excluding hydrogens is 414 g/mol. The van der Waals surface area contributed by atoms with Crippen molar-refractivity contribution in [1.82, 2.24) is 14.9 Å². The highest BCUT2D eigenvalue weighted by molar-refractivity contribution is 7.89. The van der Waals surface area contributed by atoms with Gasteiger partial charge in [-0.1, -0.05) is 22.9 Å². The van der Waals surface area contributed by atoms with Gasteiger partial charge in [-0.25, -0.2) is 17.9 Å². The Labute approximate surface area is 168 Å². The molecule has 0 unspecified atom stereocenters. The fourth-order valence-electron chi connectivity index (χ4n) is 2.88. The third kappa shape index (κ3) is 7.55. The lowest BCUT2D eigenvalue weighted by molar-refractivity contribution is 0.168. The summed E-state index contributed by atoms with van der Waals surface area (Å²) in [6.07, 6.45) is 0.624. The molecule has 1 aromatic heterocycles. The summed E-state index contributed by atoms with van der Waals surface area (Å²) in [6, 6.07) is 2.44. The highest BCUT2D eigenvalue weighted by Crippen LogP contribution is 2.28. The minimum absolute atomic E-state index is 0.135. The van der Waals surface area contributed by atoms with Crippen LogP contribution < -0.4 is 14.8 Å². The van der Waals surface area contributed by atoms with E-state index in [9.17, 15) is 18.3 Å². The molecule has 1 amide bonds. The average Bonchev–Trinajstić information content (AvgIpc) is 2.98. The zero-order valence-corrected chi connectivity index (χ0v) is 17.7. The van der Waals surface area contributed by atoms with Crippen molar-refractivity contribution in [3.63, 3.8) is 0 Å². The van der Waals surface area contributed by atoms with Crippen LogP contribution >= 0.6 is 22.9 Å². The molecule has 3 N–H and O–H groups in total. The van der Waals surface area contributed by atoms with Crippen LogP contribution in [0.15, 0.2) is 12.1 Å². The number of ether oxygens (including phenoxy) is 1. The van der Waals surface area contributed by atoms with Gasteiger partial charge in [0.2, 0.25) is 10.0 Å². The first-order chi connectivity index (χ1) is 12.7. The molecule has 154 valence electrons. The number of halogens is 1. The second-order valence-corrected chi connectivity index (χ2v) is 10.3. The van der Waals surface area contributed by atoms with E-state index in [-0.39, 0.29) is 11.1 Å². The van der Waals surface area contributed by atoms with Crippen molar-refractivity contribution < 1.29 is 23.1 Å². The molecule has 0 aliphatic carbocycles. The van der Waals surface area contributed by atoms with Gasteiger partial charge in [0.05, 0.1) is 22.7 Å². The topological polar surface area (TPSA) is 108 Å². The molecular formula is C16H26ClN3O5S2. The lowest BCUT2D eigenvalue weighted by Crippen LogP contribution is -2.50. The number of nitrogens with one attached hydrogen (secondary N) is 2. The van der Waals surface area contributed by atoms with Crippen LogP contribution in [0.25, 0.3) is 0 Å². The number of aliphatic hydroxyl groups excluding tert-OH is 1.